The van der Waals surface area contributed by atoms with Crippen molar-refractivity contribution in [3.05, 3.63) is 113 Å². The first kappa shape index (κ1) is 22.6. The van der Waals surface area contributed by atoms with Crippen molar-refractivity contribution in [1.29, 1.82) is 0 Å². The first-order valence-electron chi connectivity index (χ1n) is 12.0. The Morgan fingerprint density at radius 2 is 1.86 bits per heavy atom. The number of aromatic nitrogens is 1. The van der Waals surface area contributed by atoms with Gasteiger partial charge < -0.3 is 14.2 Å². The normalized spacial score (nSPS) is 17.7. The third-order valence-corrected chi connectivity index (χ3v) is 8.75. The fraction of sp³-hybridized carbons (Fsp3) is 0.172. The van der Waals surface area contributed by atoms with Gasteiger partial charge in [0, 0.05) is 10.0 Å². The van der Waals surface area contributed by atoms with E-state index in [9.17, 15) is 4.79 Å². The Morgan fingerprint density at radius 1 is 1.08 bits per heavy atom. The summed E-state index contributed by atoms with van der Waals surface area (Å²) >= 11 is 5.03. The Morgan fingerprint density at radius 3 is 2.68 bits per heavy atom. The van der Waals surface area contributed by atoms with Crippen LogP contribution in [0, 0.1) is 0 Å². The Kier molecular flexibility index (Phi) is 5.33. The summed E-state index contributed by atoms with van der Waals surface area (Å²) in [5.41, 5.74) is 6.44. The number of fused-ring (bicyclic) bond motifs is 4. The molecule has 0 radical (unpaired) electrons. The van der Waals surface area contributed by atoms with Crippen LogP contribution in [0.2, 0.25) is 0 Å². The van der Waals surface area contributed by atoms with E-state index in [1.807, 2.05) is 47.0 Å². The predicted octanol–water partition coefficient (Wildman–Crippen LogP) is 4.82. The Balaban J connectivity index is 1.46. The molecule has 1 aromatic heterocycles. The van der Waals surface area contributed by atoms with Crippen LogP contribution in [-0.2, 0) is 6.42 Å². The number of rotatable bonds is 3. The third kappa shape index (κ3) is 3.66. The lowest BCUT2D eigenvalue weighted by molar-refractivity contribution is 0.174. The number of ether oxygens (including phenoxy) is 3. The highest BCUT2D eigenvalue weighted by atomic mass is 79.9. The van der Waals surface area contributed by atoms with E-state index in [-0.39, 0.29) is 18.4 Å². The molecule has 6 nitrogen and oxygen atoms in total. The van der Waals surface area contributed by atoms with Gasteiger partial charge in [0.25, 0.3) is 5.56 Å². The standard InChI is InChI=1S/C29H21BrN2O4S/c1-34-19-9-6-17(7-10-19)27-21-11-8-16-4-2-3-5-20(16)26(21)31-29-32(27)28(33)25(37-29)13-18-12-23-24(14-22(18)30)36-15-35-23/h2-7,9-10,12-14,27H,8,11,15H2,1H3/b25-13+/t27-/m0/s1. The SMILES string of the molecule is COc1ccc([C@H]2C3=C(N=c4s/c(=C/c5cc6c(cc5Br)OCO6)c(=O)n42)c2ccccc2CC3)cc1. The van der Waals surface area contributed by atoms with Gasteiger partial charge in [0.1, 0.15) is 5.75 Å². The first-order valence-corrected chi connectivity index (χ1v) is 13.6. The zero-order valence-corrected chi connectivity index (χ0v) is 22.3. The second-order valence-corrected chi connectivity index (χ2v) is 11.0. The van der Waals surface area contributed by atoms with Gasteiger partial charge in [0.05, 0.1) is 23.4 Å². The number of nitrogens with zero attached hydrogens (tertiary/aromatic N) is 2. The van der Waals surface area contributed by atoms with Crippen LogP contribution in [0.3, 0.4) is 0 Å². The lowest BCUT2D eigenvalue weighted by Crippen LogP contribution is -2.38. The molecule has 0 saturated heterocycles. The first-order chi connectivity index (χ1) is 18.1. The molecule has 184 valence electrons. The van der Waals surface area contributed by atoms with E-state index in [4.69, 9.17) is 19.2 Å². The summed E-state index contributed by atoms with van der Waals surface area (Å²) < 4.78 is 19.7. The fourth-order valence-electron chi connectivity index (χ4n) is 5.29. The number of thiazole rings is 1. The number of aryl methyl sites for hydroxylation is 1. The Hall–Kier alpha value is -3.62. The second kappa shape index (κ2) is 8.75. The summed E-state index contributed by atoms with van der Waals surface area (Å²) in [6.45, 7) is 0.197. The number of halogens is 1. The molecular formula is C29H21BrN2O4S. The predicted molar refractivity (Wildman–Crippen MR) is 146 cm³/mol. The van der Waals surface area contributed by atoms with Crippen LogP contribution in [0.25, 0.3) is 11.8 Å². The number of hydrogen-bond acceptors (Lipinski definition) is 6. The van der Waals surface area contributed by atoms with Crippen molar-refractivity contribution < 1.29 is 14.2 Å². The molecule has 3 aromatic carbocycles. The molecule has 1 atom stereocenters. The van der Waals surface area contributed by atoms with Gasteiger partial charge in [-0.05, 0) is 65.4 Å². The van der Waals surface area contributed by atoms with E-state index in [1.165, 1.54) is 22.5 Å². The van der Waals surface area contributed by atoms with Gasteiger partial charge in [-0.2, -0.15) is 0 Å². The molecule has 0 amide bonds. The van der Waals surface area contributed by atoms with E-state index in [1.54, 1.807) is 7.11 Å². The van der Waals surface area contributed by atoms with Crippen LogP contribution in [0.5, 0.6) is 17.2 Å². The number of methoxy groups -OCH3 is 1. The molecule has 0 unspecified atom stereocenters. The molecule has 1 aliphatic carbocycles. The van der Waals surface area contributed by atoms with E-state index in [0.717, 1.165) is 45.5 Å². The van der Waals surface area contributed by atoms with Gasteiger partial charge >= 0.3 is 0 Å². The molecule has 0 N–H and O–H groups in total. The quantitative estimate of drug-likeness (QED) is 0.353. The van der Waals surface area contributed by atoms with E-state index < -0.39 is 0 Å². The van der Waals surface area contributed by atoms with Crippen LogP contribution in [0.15, 0.2) is 80.5 Å². The van der Waals surface area contributed by atoms with Gasteiger partial charge in [-0.3, -0.25) is 9.36 Å². The highest BCUT2D eigenvalue weighted by Crippen LogP contribution is 2.41. The van der Waals surface area contributed by atoms with Gasteiger partial charge in [0.2, 0.25) is 6.79 Å². The molecule has 3 heterocycles. The molecule has 0 fully saturated rings. The third-order valence-electron chi connectivity index (χ3n) is 7.08. The maximum absolute atomic E-state index is 14.0. The highest BCUT2D eigenvalue weighted by molar-refractivity contribution is 9.10. The Bertz CT molecular complexity index is 1790. The van der Waals surface area contributed by atoms with E-state index in [0.29, 0.717) is 20.8 Å². The molecule has 4 aromatic rings. The van der Waals surface area contributed by atoms with Gasteiger partial charge in [-0.15, -0.1) is 0 Å². The van der Waals surface area contributed by atoms with Gasteiger partial charge in [-0.25, -0.2) is 4.99 Å². The van der Waals surface area contributed by atoms with Crippen molar-refractivity contribution in [2.45, 2.75) is 18.9 Å². The summed E-state index contributed by atoms with van der Waals surface area (Å²) in [7, 11) is 1.66. The number of allylic oxidation sites excluding steroid dienone is 1. The number of hydrogen-bond donors (Lipinski definition) is 0. The van der Waals surface area contributed by atoms with Crippen LogP contribution in [0.1, 0.15) is 34.7 Å². The average molecular weight is 573 g/mol. The van der Waals surface area contributed by atoms with Crippen LogP contribution < -0.4 is 29.1 Å². The summed E-state index contributed by atoms with van der Waals surface area (Å²) in [6, 6.07) is 20.0. The smallest absolute Gasteiger partial charge is 0.271 e. The molecule has 37 heavy (non-hydrogen) atoms. The summed E-state index contributed by atoms with van der Waals surface area (Å²) in [6.07, 6.45) is 3.67. The molecule has 3 aliphatic rings. The highest BCUT2D eigenvalue weighted by Gasteiger charge is 2.32. The van der Waals surface area contributed by atoms with E-state index >= 15 is 0 Å². The maximum Gasteiger partial charge on any atom is 0.271 e. The summed E-state index contributed by atoms with van der Waals surface area (Å²) in [4.78, 5) is 19.7. The van der Waals surface area contributed by atoms with Crippen molar-refractivity contribution in [3.63, 3.8) is 0 Å². The van der Waals surface area contributed by atoms with E-state index in [2.05, 4.69) is 40.2 Å². The van der Waals surface area contributed by atoms with Crippen LogP contribution in [0.4, 0.5) is 0 Å². The molecule has 0 spiro atoms. The summed E-state index contributed by atoms with van der Waals surface area (Å²) in [5.74, 6) is 2.15. The average Bonchev–Trinajstić information content (AvgIpc) is 3.51. The lowest BCUT2D eigenvalue weighted by Gasteiger charge is -2.30. The monoisotopic (exact) mass is 572 g/mol. The van der Waals surface area contributed by atoms with Crippen molar-refractivity contribution in [2.75, 3.05) is 13.9 Å². The van der Waals surface area contributed by atoms with Crippen molar-refractivity contribution in [1.82, 2.24) is 4.57 Å². The summed E-state index contributed by atoms with van der Waals surface area (Å²) in [5, 5.41) is 0. The zero-order valence-electron chi connectivity index (χ0n) is 19.9. The van der Waals surface area contributed by atoms with Crippen molar-refractivity contribution in [3.8, 4) is 17.2 Å². The van der Waals surface area contributed by atoms with Gasteiger partial charge in [0.15, 0.2) is 16.3 Å². The zero-order chi connectivity index (χ0) is 25.1. The minimum absolute atomic E-state index is 0.0560. The molecule has 8 heteroatoms. The molecular weight excluding hydrogens is 552 g/mol. The molecule has 0 bridgehead atoms. The largest absolute Gasteiger partial charge is 0.497 e. The fourth-order valence-corrected chi connectivity index (χ4v) is 6.72. The molecule has 2 aliphatic heterocycles. The Labute approximate surface area is 224 Å². The lowest BCUT2D eigenvalue weighted by atomic mass is 9.83. The van der Waals surface area contributed by atoms with Crippen molar-refractivity contribution >= 4 is 39.0 Å². The second-order valence-electron chi connectivity index (χ2n) is 9.11. The minimum Gasteiger partial charge on any atom is -0.497 e. The maximum atomic E-state index is 14.0. The van der Waals surface area contributed by atoms with Crippen LogP contribution >= 0.6 is 27.3 Å². The minimum atomic E-state index is -0.229. The van der Waals surface area contributed by atoms with Crippen LogP contribution in [-0.4, -0.2) is 18.5 Å². The van der Waals surface area contributed by atoms with Crippen molar-refractivity contribution in [2.24, 2.45) is 4.99 Å². The molecule has 7 rings (SSSR count). The molecule has 0 saturated carbocycles. The topological polar surface area (TPSA) is 62.0 Å². The van der Waals surface area contributed by atoms with Gasteiger partial charge in [-0.1, -0.05) is 63.7 Å². The number of benzene rings is 3.